The second-order valence-corrected chi connectivity index (χ2v) is 8.63. The minimum Gasteiger partial charge on any atom is -0.353 e. The highest BCUT2D eigenvalue weighted by Gasteiger charge is 2.69. The number of rotatable bonds is 3. The zero-order valence-electron chi connectivity index (χ0n) is 18.0. The summed E-state index contributed by atoms with van der Waals surface area (Å²) in [6.07, 6.45) is -4.78. The fourth-order valence-electron chi connectivity index (χ4n) is 5.29. The Kier molecular flexibility index (Phi) is 4.80. The Morgan fingerprint density at radius 2 is 1.85 bits per heavy atom. The van der Waals surface area contributed by atoms with E-state index < -0.39 is 46.1 Å². The van der Waals surface area contributed by atoms with E-state index in [1.807, 2.05) is 0 Å². The minimum atomic E-state index is -4.78. The zero-order chi connectivity index (χ0) is 24.4. The quantitative estimate of drug-likeness (QED) is 0.431. The molecule has 0 unspecified atom stereocenters. The Morgan fingerprint density at radius 1 is 1.15 bits per heavy atom. The molecule has 1 fully saturated rings. The Bertz CT molecular complexity index is 1310. The van der Waals surface area contributed by atoms with Crippen molar-refractivity contribution in [3.05, 3.63) is 86.8 Å². The van der Waals surface area contributed by atoms with Gasteiger partial charge in [-0.25, -0.2) is 0 Å². The molecule has 2 aliphatic heterocycles. The maximum atomic E-state index is 14.5. The fourth-order valence-corrected chi connectivity index (χ4v) is 5.29. The van der Waals surface area contributed by atoms with Crippen molar-refractivity contribution in [3.63, 3.8) is 0 Å². The van der Waals surface area contributed by atoms with Crippen LogP contribution in [0.5, 0.6) is 0 Å². The van der Waals surface area contributed by atoms with E-state index in [4.69, 9.17) is 4.52 Å². The molecule has 4 atom stereocenters. The maximum Gasteiger partial charge on any atom is 0.404 e. The summed E-state index contributed by atoms with van der Waals surface area (Å²) in [5.74, 6) is -3.94. The highest BCUT2D eigenvalue weighted by atomic mass is 19.4. The van der Waals surface area contributed by atoms with E-state index in [1.165, 1.54) is 19.1 Å². The largest absolute Gasteiger partial charge is 0.404 e. The van der Waals surface area contributed by atoms with Gasteiger partial charge in [-0.05, 0) is 25.5 Å². The maximum absolute atomic E-state index is 14.5. The number of nitrogens with zero attached hydrogens (tertiary/aromatic N) is 2. The van der Waals surface area contributed by atoms with Crippen LogP contribution in [-0.4, -0.2) is 28.2 Å². The van der Waals surface area contributed by atoms with Gasteiger partial charge in [-0.2, -0.15) is 13.2 Å². The number of nitrogens with one attached hydrogen (secondary N) is 2. The second kappa shape index (κ2) is 7.39. The monoisotopic (exact) mass is 472 g/mol. The third kappa shape index (κ3) is 3.03. The molecule has 5 rings (SSSR count). The number of halogens is 3. The summed E-state index contributed by atoms with van der Waals surface area (Å²) in [7, 11) is 0. The van der Waals surface area contributed by atoms with E-state index in [1.54, 1.807) is 43.3 Å². The minimum absolute atomic E-state index is 0.0831. The number of aromatic nitrogens is 1. The number of benzene rings is 2. The molecule has 0 bridgehead atoms. The van der Waals surface area contributed by atoms with Gasteiger partial charge in [0.25, 0.3) is 0 Å². The van der Waals surface area contributed by atoms with Crippen LogP contribution < -0.4 is 10.6 Å². The molecule has 176 valence electrons. The number of hydrogen-bond donors (Lipinski definition) is 2. The van der Waals surface area contributed by atoms with Gasteiger partial charge in [0.2, 0.25) is 11.7 Å². The average molecular weight is 472 g/mol. The van der Waals surface area contributed by atoms with Gasteiger partial charge in [-0.3, -0.25) is 20.2 Å². The Balaban J connectivity index is 1.87. The van der Waals surface area contributed by atoms with Crippen LogP contribution in [0.2, 0.25) is 0 Å². The van der Waals surface area contributed by atoms with E-state index in [0.29, 0.717) is 11.3 Å². The first-order chi connectivity index (χ1) is 16.1. The highest BCUT2D eigenvalue weighted by molar-refractivity contribution is 6.07. The summed E-state index contributed by atoms with van der Waals surface area (Å²) in [6.45, 7) is 3.09. The van der Waals surface area contributed by atoms with Gasteiger partial charge in [0.05, 0.1) is 10.8 Å². The molecule has 2 aromatic carbocycles. The average Bonchev–Trinajstić information content (AvgIpc) is 3.41. The number of anilines is 1. The smallest absolute Gasteiger partial charge is 0.353 e. The number of fused-ring (bicyclic) bond motifs is 2. The van der Waals surface area contributed by atoms with Crippen molar-refractivity contribution in [2.45, 2.75) is 43.4 Å². The predicted molar refractivity (Wildman–Crippen MR) is 114 cm³/mol. The number of carbonyl (C=O) groups is 1. The van der Waals surface area contributed by atoms with Crippen molar-refractivity contribution >= 4 is 17.3 Å². The molecular formula is C23H19F3N4O4. The van der Waals surface area contributed by atoms with Crippen LogP contribution in [0.4, 0.5) is 24.5 Å². The first-order valence-electron chi connectivity index (χ1n) is 10.5. The summed E-state index contributed by atoms with van der Waals surface area (Å²) in [4.78, 5) is 24.7. The van der Waals surface area contributed by atoms with E-state index in [2.05, 4.69) is 15.8 Å². The molecule has 34 heavy (non-hydrogen) atoms. The molecule has 0 radical (unpaired) electrons. The van der Waals surface area contributed by atoms with Gasteiger partial charge in [-0.1, -0.05) is 53.2 Å². The first-order valence-corrected chi connectivity index (χ1v) is 10.5. The number of alkyl halides is 3. The molecule has 1 aromatic heterocycles. The molecule has 1 amide bonds. The SMILES string of the molecule is Cc1ccc2c(c1)[C@]1(N[C@@H](C(F)(F)F)[C@H](c3ccccc3)[C@H]1c1onc(C)c1[N+](=O)[O-])C(=O)N2. The lowest BCUT2D eigenvalue weighted by molar-refractivity contribution is -0.386. The van der Waals surface area contributed by atoms with E-state index >= 15 is 0 Å². The van der Waals surface area contributed by atoms with Gasteiger partial charge >= 0.3 is 11.9 Å². The molecule has 1 saturated heterocycles. The lowest BCUT2D eigenvalue weighted by atomic mass is 9.71. The van der Waals surface area contributed by atoms with Crippen molar-refractivity contribution in [3.8, 4) is 0 Å². The molecule has 11 heteroatoms. The molecule has 2 aliphatic rings. The van der Waals surface area contributed by atoms with Gasteiger partial charge < -0.3 is 9.84 Å². The summed E-state index contributed by atoms with van der Waals surface area (Å²) >= 11 is 0. The summed E-state index contributed by atoms with van der Waals surface area (Å²) < 4.78 is 48.8. The van der Waals surface area contributed by atoms with Crippen LogP contribution in [0, 0.1) is 24.0 Å². The van der Waals surface area contributed by atoms with E-state index in [-0.39, 0.29) is 22.6 Å². The fraction of sp³-hybridized carbons (Fsp3) is 0.304. The zero-order valence-corrected chi connectivity index (χ0v) is 18.0. The van der Waals surface area contributed by atoms with Crippen LogP contribution >= 0.6 is 0 Å². The summed E-state index contributed by atoms with van der Waals surface area (Å²) in [5, 5.41) is 20.8. The highest BCUT2D eigenvalue weighted by Crippen LogP contribution is 2.60. The van der Waals surface area contributed by atoms with Gasteiger partial charge in [0.15, 0.2) is 5.69 Å². The number of hydrogen-bond acceptors (Lipinski definition) is 6. The van der Waals surface area contributed by atoms with Crippen LogP contribution in [0.15, 0.2) is 53.1 Å². The predicted octanol–water partition coefficient (Wildman–Crippen LogP) is 4.45. The van der Waals surface area contributed by atoms with Crippen molar-refractivity contribution in [2.75, 3.05) is 5.32 Å². The molecule has 3 aromatic rings. The van der Waals surface area contributed by atoms with E-state index in [0.717, 1.165) is 0 Å². The Labute approximate surface area is 191 Å². The number of carbonyl (C=O) groups excluding carboxylic acids is 1. The van der Waals surface area contributed by atoms with Gasteiger partial charge in [-0.15, -0.1) is 0 Å². The van der Waals surface area contributed by atoms with Crippen LogP contribution in [-0.2, 0) is 10.3 Å². The Hall–Kier alpha value is -3.73. The van der Waals surface area contributed by atoms with Crippen LogP contribution in [0.25, 0.3) is 0 Å². The number of aryl methyl sites for hydroxylation is 2. The first kappa shape index (κ1) is 22.1. The molecule has 1 spiro atoms. The lowest BCUT2D eigenvalue weighted by Gasteiger charge is -2.30. The number of nitro groups is 1. The van der Waals surface area contributed by atoms with Crippen LogP contribution in [0.1, 0.15) is 40.0 Å². The summed E-state index contributed by atoms with van der Waals surface area (Å²) in [5.41, 5.74) is -1.01. The molecule has 8 nitrogen and oxygen atoms in total. The number of amides is 1. The molecule has 2 N–H and O–H groups in total. The standard InChI is InChI=1S/C23H19F3N4O4/c1-11-8-9-15-14(10-11)22(21(31)27-15)17(19-18(30(32)33)12(2)29-34-19)16(13-6-4-3-5-7-13)20(28-22)23(24,25)26/h3-10,16-17,20,28H,1-2H3,(H,27,31)/t16-,17+,20-,22-/m1/s1. The molecule has 0 saturated carbocycles. The molecule has 0 aliphatic carbocycles. The van der Waals surface area contributed by atoms with Crippen molar-refractivity contribution in [2.24, 2.45) is 0 Å². The third-order valence-corrected chi connectivity index (χ3v) is 6.63. The van der Waals surface area contributed by atoms with Crippen LogP contribution in [0.3, 0.4) is 0 Å². The van der Waals surface area contributed by atoms with E-state index in [9.17, 15) is 28.1 Å². The van der Waals surface area contributed by atoms with Gasteiger partial charge in [0.1, 0.15) is 11.6 Å². The van der Waals surface area contributed by atoms with Crippen molar-refractivity contribution in [1.82, 2.24) is 10.5 Å². The third-order valence-electron chi connectivity index (χ3n) is 6.63. The van der Waals surface area contributed by atoms with Crippen molar-refractivity contribution < 1.29 is 27.4 Å². The van der Waals surface area contributed by atoms with Crippen molar-refractivity contribution in [1.29, 1.82) is 0 Å². The van der Waals surface area contributed by atoms with Gasteiger partial charge in [0, 0.05) is 17.2 Å². The topological polar surface area (TPSA) is 110 Å². The lowest BCUT2D eigenvalue weighted by Crippen LogP contribution is -2.52. The molecule has 3 heterocycles. The molecular weight excluding hydrogens is 453 g/mol. The normalized spacial score (nSPS) is 26.0. The second-order valence-electron chi connectivity index (χ2n) is 8.63. The Morgan fingerprint density at radius 3 is 2.50 bits per heavy atom. The summed E-state index contributed by atoms with van der Waals surface area (Å²) in [6, 6.07) is 10.6.